The van der Waals surface area contributed by atoms with Crippen molar-refractivity contribution in [1.82, 2.24) is 24.6 Å². The van der Waals surface area contributed by atoms with Crippen LogP contribution in [0.1, 0.15) is 22.5 Å². The van der Waals surface area contributed by atoms with E-state index < -0.39 is 0 Å². The van der Waals surface area contributed by atoms with Crippen LogP contribution in [-0.2, 0) is 6.54 Å². The van der Waals surface area contributed by atoms with Crippen LogP contribution in [-0.4, -0.2) is 62.7 Å². The number of thiophene rings is 1. The van der Waals surface area contributed by atoms with Crippen molar-refractivity contribution in [1.29, 1.82) is 0 Å². The summed E-state index contributed by atoms with van der Waals surface area (Å²) in [5.74, 6) is 0.756. The van der Waals surface area contributed by atoms with Crippen LogP contribution < -0.4 is 0 Å². The molecule has 7 heteroatoms. The van der Waals surface area contributed by atoms with Gasteiger partial charge in [-0.3, -0.25) is 14.4 Å². The maximum atomic E-state index is 12.6. The number of hydrogen-bond acceptors (Lipinski definition) is 5. The molecule has 6 nitrogen and oxygen atoms in total. The summed E-state index contributed by atoms with van der Waals surface area (Å²) in [6.45, 7) is 2.61. The molecule has 3 atom stereocenters. The highest BCUT2D eigenvalue weighted by Crippen LogP contribution is 2.35. The van der Waals surface area contributed by atoms with E-state index in [-0.39, 0.29) is 5.91 Å². The number of amides is 1. The van der Waals surface area contributed by atoms with E-state index in [1.807, 2.05) is 27.1 Å². The van der Waals surface area contributed by atoms with Crippen molar-refractivity contribution in [3.63, 3.8) is 0 Å². The molecule has 0 aliphatic carbocycles. The fourth-order valence-corrected chi connectivity index (χ4v) is 4.75. The fourth-order valence-electron chi connectivity index (χ4n) is 4.06. The number of carbonyl (C=O) groups is 1. The molecule has 0 spiro atoms. The number of piperidine rings is 1. The van der Waals surface area contributed by atoms with Gasteiger partial charge in [-0.05, 0) is 37.3 Å². The van der Waals surface area contributed by atoms with Crippen molar-refractivity contribution in [2.45, 2.75) is 31.5 Å². The van der Waals surface area contributed by atoms with Crippen LogP contribution in [0.5, 0.6) is 0 Å². The summed E-state index contributed by atoms with van der Waals surface area (Å²) >= 11 is 1.53. The van der Waals surface area contributed by atoms with E-state index in [1.165, 1.54) is 11.3 Å². The number of nitrogens with zero attached hydrogens (tertiary/aromatic N) is 5. The number of fused-ring (bicyclic) bond motifs is 1. The minimum absolute atomic E-state index is 0.195. The van der Waals surface area contributed by atoms with E-state index in [4.69, 9.17) is 0 Å². The molecule has 23 heavy (non-hydrogen) atoms. The number of carbonyl (C=O) groups excluding carboxylic acids is 1. The molecule has 2 aromatic heterocycles. The third kappa shape index (κ3) is 2.79. The van der Waals surface area contributed by atoms with Gasteiger partial charge in [0.1, 0.15) is 12.7 Å². The van der Waals surface area contributed by atoms with Crippen molar-refractivity contribution in [3.05, 3.63) is 35.0 Å². The predicted octanol–water partition coefficient (Wildman–Crippen LogP) is 1.57. The van der Waals surface area contributed by atoms with Gasteiger partial charge in [0.2, 0.25) is 0 Å². The van der Waals surface area contributed by atoms with E-state index in [0.717, 1.165) is 37.4 Å². The third-order valence-electron chi connectivity index (χ3n) is 5.25. The SMILES string of the molecule is CN1[C@H](Cn2cncn2)C[C@@H]2CN(C(=O)c3cccs3)CC[C@@H]21. The number of hydrogen-bond donors (Lipinski definition) is 0. The van der Waals surface area contributed by atoms with Gasteiger partial charge in [-0.2, -0.15) is 5.10 Å². The molecule has 0 N–H and O–H groups in total. The Morgan fingerprint density at radius 3 is 3.13 bits per heavy atom. The topological polar surface area (TPSA) is 54.3 Å². The van der Waals surface area contributed by atoms with E-state index in [1.54, 1.807) is 12.7 Å². The second-order valence-corrected chi connectivity index (χ2v) is 7.46. The van der Waals surface area contributed by atoms with E-state index in [2.05, 4.69) is 22.0 Å². The Labute approximate surface area is 139 Å². The van der Waals surface area contributed by atoms with Crippen molar-refractivity contribution in [2.75, 3.05) is 20.1 Å². The van der Waals surface area contributed by atoms with Gasteiger partial charge in [0, 0.05) is 25.2 Å². The summed E-state index contributed by atoms with van der Waals surface area (Å²) in [6.07, 6.45) is 5.55. The summed E-state index contributed by atoms with van der Waals surface area (Å²) in [6, 6.07) is 4.93. The van der Waals surface area contributed by atoms with Crippen molar-refractivity contribution in [3.8, 4) is 0 Å². The van der Waals surface area contributed by atoms with Crippen molar-refractivity contribution in [2.24, 2.45) is 5.92 Å². The summed E-state index contributed by atoms with van der Waals surface area (Å²) in [5, 5.41) is 6.19. The highest BCUT2D eigenvalue weighted by molar-refractivity contribution is 7.12. The first-order valence-corrected chi connectivity index (χ1v) is 8.97. The first-order valence-electron chi connectivity index (χ1n) is 8.09. The minimum Gasteiger partial charge on any atom is -0.338 e. The minimum atomic E-state index is 0.195. The quantitative estimate of drug-likeness (QED) is 0.857. The van der Waals surface area contributed by atoms with Gasteiger partial charge in [0.15, 0.2) is 0 Å². The van der Waals surface area contributed by atoms with E-state index in [9.17, 15) is 4.79 Å². The highest BCUT2D eigenvalue weighted by Gasteiger charge is 2.43. The Morgan fingerprint density at radius 2 is 2.39 bits per heavy atom. The Balaban J connectivity index is 1.43. The molecule has 4 rings (SSSR count). The van der Waals surface area contributed by atoms with Crippen LogP contribution in [0.25, 0.3) is 0 Å². The van der Waals surface area contributed by atoms with Crippen LogP contribution in [0, 0.1) is 5.92 Å². The number of likely N-dealkylation sites (N-methyl/N-ethyl adjacent to an activating group) is 1. The lowest BCUT2D eigenvalue weighted by molar-refractivity contribution is 0.0611. The number of aromatic nitrogens is 3. The van der Waals surface area contributed by atoms with Gasteiger partial charge in [0.25, 0.3) is 5.91 Å². The van der Waals surface area contributed by atoms with Gasteiger partial charge >= 0.3 is 0 Å². The number of likely N-dealkylation sites (tertiary alicyclic amines) is 2. The second kappa shape index (κ2) is 6.05. The largest absolute Gasteiger partial charge is 0.338 e. The molecule has 0 aromatic carbocycles. The first-order chi connectivity index (χ1) is 11.2. The smallest absolute Gasteiger partial charge is 0.263 e. The Morgan fingerprint density at radius 1 is 1.48 bits per heavy atom. The van der Waals surface area contributed by atoms with Crippen LogP contribution in [0.4, 0.5) is 0 Å². The van der Waals surface area contributed by atoms with E-state index >= 15 is 0 Å². The standard InChI is InChI=1S/C16H21N5OS/c1-19-13(9-21-11-17-10-18-21)7-12-8-20(5-4-14(12)19)16(22)15-3-2-6-23-15/h2-3,6,10-14H,4-5,7-9H2,1H3/t12-,13+,14+/m1/s1. The summed E-state index contributed by atoms with van der Waals surface area (Å²) in [5.41, 5.74) is 0. The van der Waals surface area contributed by atoms with Gasteiger partial charge in [-0.1, -0.05) is 6.07 Å². The summed E-state index contributed by atoms with van der Waals surface area (Å²) in [4.78, 5) is 22.0. The molecule has 2 saturated heterocycles. The molecule has 1 amide bonds. The van der Waals surface area contributed by atoms with Crippen LogP contribution in [0.15, 0.2) is 30.2 Å². The zero-order chi connectivity index (χ0) is 15.8. The molecule has 0 bridgehead atoms. The predicted molar refractivity (Wildman–Crippen MR) is 88.3 cm³/mol. The zero-order valence-corrected chi connectivity index (χ0v) is 14.0. The van der Waals surface area contributed by atoms with Gasteiger partial charge in [-0.15, -0.1) is 11.3 Å². The molecule has 0 unspecified atom stereocenters. The molecular weight excluding hydrogens is 310 g/mol. The molecule has 122 valence electrons. The lowest BCUT2D eigenvalue weighted by Crippen LogP contribution is -2.47. The van der Waals surface area contributed by atoms with Gasteiger partial charge in [-0.25, -0.2) is 4.98 Å². The molecular formula is C16H21N5OS. The van der Waals surface area contributed by atoms with Crippen molar-refractivity contribution < 1.29 is 4.79 Å². The maximum Gasteiger partial charge on any atom is 0.263 e. The monoisotopic (exact) mass is 331 g/mol. The lowest BCUT2D eigenvalue weighted by atomic mass is 9.92. The average molecular weight is 331 g/mol. The van der Waals surface area contributed by atoms with E-state index in [0.29, 0.717) is 18.0 Å². The first kappa shape index (κ1) is 14.8. The molecule has 2 aliphatic rings. The third-order valence-corrected chi connectivity index (χ3v) is 6.11. The van der Waals surface area contributed by atoms with Crippen molar-refractivity contribution >= 4 is 17.2 Å². The summed E-state index contributed by atoms with van der Waals surface area (Å²) in [7, 11) is 2.21. The lowest BCUT2D eigenvalue weighted by Gasteiger charge is -2.37. The number of rotatable bonds is 3. The normalized spacial score (nSPS) is 28.0. The molecule has 0 radical (unpaired) electrons. The van der Waals surface area contributed by atoms with Crippen LogP contribution in [0.2, 0.25) is 0 Å². The molecule has 2 aromatic rings. The Hall–Kier alpha value is -1.73. The summed E-state index contributed by atoms with van der Waals surface area (Å²) < 4.78 is 1.91. The van der Waals surface area contributed by atoms with Gasteiger partial charge in [0.05, 0.1) is 11.4 Å². The molecule has 4 heterocycles. The fraction of sp³-hybridized carbons (Fsp3) is 0.562. The zero-order valence-electron chi connectivity index (χ0n) is 13.2. The van der Waals surface area contributed by atoms with Gasteiger partial charge < -0.3 is 4.90 Å². The highest BCUT2D eigenvalue weighted by atomic mass is 32.1. The average Bonchev–Trinajstić information content (AvgIpc) is 3.30. The van der Waals surface area contributed by atoms with Crippen LogP contribution in [0.3, 0.4) is 0 Å². The molecule has 2 aliphatic heterocycles. The Kier molecular flexibility index (Phi) is 3.90. The van der Waals surface area contributed by atoms with Crippen LogP contribution >= 0.6 is 11.3 Å². The molecule has 0 saturated carbocycles. The Bertz CT molecular complexity index is 656. The molecule has 2 fully saturated rings. The maximum absolute atomic E-state index is 12.6. The second-order valence-electron chi connectivity index (χ2n) is 6.52.